The van der Waals surface area contributed by atoms with E-state index in [2.05, 4.69) is 4.98 Å². The van der Waals surface area contributed by atoms with E-state index < -0.39 is 16.2 Å². The molecule has 2 aliphatic rings. The van der Waals surface area contributed by atoms with E-state index in [1.54, 1.807) is 24.4 Å². The van der Waals surface area contributed by atoms with E-state index in [0.717, 1.165) is 29.3 Å². The number of hydrogen-bond donors (Lipinski definition) is 0. The topological polar surface area (TPSA) is 64.4 Å². The second-order valence-corrected chi connectivity index (χ2v) is 10.2. The second-order valence-electron chi connectivity index (χ2n) is 7.28. The minimum absolute atomic E-state index is 0.0955. The summed E-state index contributed by atoms with van der Waals surface area (Å²) in [6.07, 6.45) is 4.57. The zero-order chi connectivity index (χ0) is 19.7. The number of aromatic nitrogens is 2. The maximum Gasteiger partial charge on any atom is 0.243 e. The van der Waals surface area contributed by atoms with E-state index in [1.165, 1.54) is 16.1 Å². The molecule has 2 aromatic rings. The third-order valence-electron chi connectivity index (χ3n) is 5.36. The van der Waals surface area contributed by atoms with Crippen molar-refractivity contribution in [3.05, 3.63) is 36.2 Å². The van der Waals surface area contributed by atoms with Gasteiger partial charge in [-0.15, -0.1) is 0 Å². The number of hydrogen-bond acceptors (Lipinski definition) is 5. The summed E-state index contributed by atoms with van der Waals surface area (Å²) in [5, 5.41) is 0.846. The number of benzene rings is 1. The third kappa shape index (κ3) is 3.92. The van der Waals surface area contributed by atoms with Crippen LogP contribution in [0, 0.1) is 5.92 Å². The average molecular weight is 426 g/mol. The van der Waals surface area contributed by atoms with Crippen molar-refractivity contribution in [3.63, 3.8) is 0 Å². The van der Waals surface area contributed by atoms with Gasteiger partial charge in [0.15, 0.2) is 5.16 Å². The molecule has 0 spiro atoms. The zero-order valence-electron chi connectivity index (χ0n) is 15.8. The molecule has 3 heterocycles. The number of sulfonamides is 1. The zero-order valence-corrected chi connectivity index (χ0v) is 17.4. The minimum atomic E-state index is -3.70. The van der Waals surface area contributed by atoms with Crippen LogP contribution in [0.1, 0.15) is 18.4 Å². The number of piperidine rings is 1. The van der Waals surface area contributed by atoms with Gasteiger partial charge in [-0.1, -0.05) is 11.8 Å². The third-order valence-corrected chi connectivity index (χ3v) is 8.47. The number of rotatable bonds is 5. The van der Waals surface area contributed by atoms with Gasteiger partial charge in [-0.2, -0.15) is 4.31 Å². The SMILES string of the molecule is Cn1ccnc1SC[C@@H]1CCN(S(=O)(=O)c2ccc3c(c2)CCCO3)C[C@H]1F. The van der Waals surface area contributed by atoms with Crippen LogP contribution in [0.3, 0.4) is 0 Å². The number of alkyl halides is 1. The molecule has 9 heteroatoms. The van der Waals surface area contributed by atoms with Crippen LogP contribution < -0.4 is 4.74 Å². The summed E-state index contributed by atoms with van der Waals surface area (Å²) in [5.74, 6) is 1.17. The Bertz CT molecular complexity index is 948. The molecule has 0 amide bonds. The lowest BCUT2D eigenvalue weighted by atomic mass is 9.98. The summed E-state index contributed by atoms with van der Waals surface area (Å²) in [5.41, 5.74) is 0.908. The molecular formula is C19H24FN3O3S2. The Labute approximate surface area is 169 Å². The van der Waals surface area contributed by atoms with Gasteiger partial charge in [0.05, 0.1) is 11.5 Å². The first kappa shape index (κ1) is 19.7. The Balaban J connectivity index is 1.42. The fourth-order valence-electron chi connectivity index (χ4n) is 3.65. The van der Waals surface area contributed by atoms with Crippen molar-refractivity contribution >= 4 is 21.8 Å². The summed E-state index contributed by atoms with van der Waals surface area (Å²) in [4.78, 5) is 4.47. The first-order chi connectivity index (χ1) is 13.4. The molecular weight excluding hydrogens is 401 g/mol. The Morgan fingerprint density at radius 3 is 3.00 bits per heavy atom. The summed E-state index contributed by atoms with van der Waals surface area (Å²) >= 11 is 1.51. The Morgan fingerprint density at radius 1 is 1.39 bits per heavy atom. The van der Waals surface area contributed by atoms with Crippen LogP contribution in [-0.4, -0.2) is 53.9 Å². The van der Waals surface area contributed by atoms with Gasteiger partial charge in [-0.3, -0.25) is 0 Å². The van der Waals surface area contributed by atoms with Crippen LogP contribution in [0.2, 0.25) is 0 Å². The number of halogens is 1. The normalized spacial score (nSPS) is 23.2. The molecule has 0 N–H and O–H groups in total. The predicted octanol–water partition coefficient (Wildman–Crippen LogP) is 2.89. The highest BCUT2D eigenvalue weighted by Gasteiger charge is 2.36. The van der Waals surface area contributed by atoms with Crippen molar-refractivity contribution in [2.75, 3.05) is 25.4 Å². The first-order valence-electron chi connectivity index (χ1n) is 9.45. The quantitative estimate of drug-likeness (QED) is 0.690. The van der Waals surface area contributed by atoms with Crippen molar-refractivity contribution in [3.8, 4) is 5.75 Å². The van der Waals surface area contributed by atoms with Crippen LogP contribution in [0.4, 0.5) is 4.39 Å². The molecule has 1 fully saturated rings. The van der Waals surface area contributed by atoms with Crippen molar-refractivity contribution < 1.29 is 17.5 Å². The van der Waals surface area contributed by atoms with Gasteiger partial charge in [0.1, 0.15) is 11.9 Å². The van der Waals surface area contributed by atoms with E-state index >= 15 is 0 Å². The molecule has 28 heavy (non-hydrogen) atoms. The number of fused-ring (bicyclic) bond motifs is 1. The fraction of sp³-hybridized carbons (Fsp3) is 0.526. The molecule has 6 nitrogen and oxygen atoms in total. The molecule has 4 rings (SSSR count). The summed E-state index contributed by atoms with van der Waals surface area (Å²) in [6.45, 7) is 0.899. The fourth-order valence-corrected chi connectivity index (χ4v) is 6.30. The van der Waals surface area contributed by atoms with E-state index in [9.17, 15) is 12.8 Å². The van der Waals surface area contributed by atoms with E-state index in [0.29, 0.717) is 25.3 Å². The molecule has 1 saturated heterocycles. The van der Waals surface area contributed by atoms with Crippen LogP contribution in [-0.2, 0) is 23.5 Å². The minimum Gasteiger partial charge on any atom is -0.493 e. The van der Waals surface area contributed by atoms with E-state index in [1.807, 2.05) is 17.8 Å². The lowest BCUT2D eigenvalue weighted by molar-refractivity contribution is 0.146. The lowest BCUT2D eigenvalue weighted by Gasteiger charge is -2.34. The number of aryl methyl sites for hydroxylation is 2. The van der Waals surface area contributed by atoms with Crippen molar-refractivity contribution in [2.24, 2.45) is 13.0 Å². The molecule has 2 atom stereocenters. The lowest BCUT2D eigenvalue weighted by Crippen LogP contribution is -2.45. The number of nitrogens with zero attached hydrogens (tertiary/aromatic N) is 3. The molecule has 0 unspecified atom stereocenters. The summed E-state index contributed by atoms with van der Waals surface area (Å²) < 4.78 is 49.5. The molecule has 152 valence electrons. The highest BCUT2D eigenvalue weighted by molar-refractivity contribution is 7.99. The average Bonchev–Trinajstić information content (AvgIpc) is 3.11. The second kappa shape index (κ2) is 8.04. The largest absolute Gasteiger partial charge is 0.493 e. The Morgan fingerprint density at radius 2 is 2.25 bits per heavy atom. The highest BCUT2D eigenvalue weighted by Crippen LogP contribution is 2.32. The maximum atomic E-state index is 14.8. The maximum absolute atomic E-state index is 14.8. The van der Waals surface area contributed by atoms with Crippen molar-refractivity contribution in [1.29, 1.82) is 0 Å². The van der Waals surface area contributed by atoms with Gasteiger partial charge in [0.25, 0.3) is 0 Å². The molecule has 2 aliphatic heterocycles. The molecule has 1 aromatic heterocycles. The van der Waals surface area contributed by atoms with Crippen LogP contribution >= 0.6 is 11.8 Å². The van der Waals surface area contributed by atoms with Crippen LogP contribution in [0.5, 0.6) is 5.75 Å². The molecule has 0 bridgehead atoms. The van der Waals surface area contributed by atoms with Crippen LogP contribution in [0.15, 0.2) is 40.6 Å². The van der Waals surface area contributed by atoms with Gasteiger partial charge < -0.3 is 9.30 Å². The Kier molecular flexibility index (Phi) is 5.66. The van der Waals surface area contributed by atoms with Gasteiger partial charge >= 0.3 is 0 Å². The number of thioether (sulfide) groups is 1. The molecule has 0 aliphatic carbocycles. The van der Waals surface area contributed by atoms with Gasteiger partial charge in [-0.25, -0.2) is 17.8 Å². The standard InChI is InChI=1S/C19H24FN3O3S2/c1-22-9-7-21-19(22)27-13-15-6-8-23(12-17(15)20)28(24,25)16-4-5-18-14(11-16)3-2-10-26-18/h4-5,7,9,11,15,17H,2-3,6,8,10,12-13H2,1H3/t15-,17+/m0/s1. The smallest absolute Gasteiger partial charge is 0.243 e. The van der Waals surface area contributed by atoms with Crippen LogP contribution in [0.25, 0.3) is 0 Å². The molecule has 0 saturated carbocycles. The van der Waals surface area contributed by atoms with Crippen molar-refractivity contribution in [2.45, 2.75) is 35.5 Å². The van der Waals surface area contributed by atoms with Gasteiger partial charge in [0, 0.05) is 44.2 Å². The first-order valence-corrected chi connectivity index (χ1v) is 11.9. The van der Waals surface area contributed by atoms with E-state index in [-0.39, 0.29) is 17.4 Å². The van der Waals surface area contributed by atoms with Crippen molar-refractivity contribution in [1.82, 2.24) is 13.9 Å². The monoisotopic (exact) mass is 425 g/mol. The summed E-state index contributed by atoms with van der Waals surface area (Å²) in [7, 11) is -1.80. The van der Waals surface area contributed by atoms with E-state index in [4.69, 9.17) is 4.74 Å². The van der Waals surface area contributed by atoms with Gasteiger partial charge in [0.2, 0.25) is 10.0 Å². The number of ether oxygens (including phenoxy) is 1. The summed E-state index contributed by atoms with van der Waals surface area (Å²) in [6, 6.07) is 4.96. The van der Waals surface area contributed by atoms with Gasteiger partial charge in [-0.05, 0) is 43.0 Å². The predicted molar refractivity (Wildman–Crippen MR) is 106 cm³/mol. The molecule has 0 radical (unpaired) electrons. The Hall–Kier alpha value is -1.58. The molecule has 1 aromatic carbocycles. The number of imidazole rings is 1. The highest BCUT2D eigenvalue weighted by atomic mass is 32.2.